The number of esters is 2. The van der Waals surface area contributed by atoms with Crippen LogP contribution in [0.1, 0.15) is 19.3 Å². The van der Waals surface area contributed by atoms with Gasteiger partial charge in [0.1, 0.15) is 12.2 Å². The molecule has 0 bridgehead atoms. The second-order valence-corrected chi connectivity index (χ2v) is 6.25. The summed E-state index contributed by atoms with van der Waals surface area (Å²) in [5.74, 6) is -1.32. The van der Waals surface area contributed by atoms with Gasteiger partial charge >= 0.3 is 11.9 Å². The predicted octanol–water partition coefficient (Wildman–Crippen LogP) is -1.43. The maximum absolute atomic E-state index is 11.9. The molecule has 1 aliphatic carbocycles. The fraction of sp³-hybridized carbons (Fsp3) is 0.867. The summed E-state index contributed by atoms with van der Waals surface area (Å²) in [5, 5.41) is 28.5. The van der Waals surface area contributed by atoms with Crippen molar-refractivity contribution in [2.45, 2.75) is 43.9 Å². The molecular weight excluding hydrogens is 324 g/mol. The molecule has 0 radical (unpaired) electrons. The Morgan fingerprint density at radius 3 is 2.25 bits per heavy atom. The third kappa shape index (κ3) is 3.55. The van der Waals surface area contributed by atoms with Crippen molar-refractivity contribution < 1.29 is 43.9 Å². The Hall–Kier alpha value is -1.26. The fourth-order valence-electron chi connectivity index (χ4n) is 3.27. The van der Waals surface area contributed by atoms with Crippen molar-refractivity contribution in [3.8, 4) is 0 Å². The van der Waals surface area contributed by atoms with Crippen LogP contribution in [0, 0.1) is 11.3 Å². The first-order chi connectivity index (χ1) is 11.4. The average molecular weight is 348 g/mol. The Bertz CT molecular complexity index is 442. The van der Waals surface area contributed by atoms with Gasteiger partial charge in [-0.05, 0) is 18.8 Å². The molecule has 0 spiro atoms. The summed E-state index contributed by atoms with van der Waals surface area (Å²) in [5.41, 5.74) is -1.28. The van der Waals surface area contributed by atoms with E-state index in [1.807, 2.05) is 0 Å². The fourth-order valence-corrected chi connectivity index (χ4v) is 3.27. The first-order valence-corrected chi connectivity index (χ1v) is 7.78. The van der Waals surface area contributed by atoms with Gasteiger partial charge in [0, 0.05) is 6.42 Å². The van der Waals surface area contributed by atoms with Gasteiger partial charge in [-0.25, -0.2) is 0 Å². The Kier molecular flexibility index (Phi) is 6.16. The van der Waals surface area contributed by atoms with E-state index >= 15 is 0 Å². The van der Waals surface area contributed by atoms with E-state index < -0.39 is 48.6 Å². The van der Waals surface area contributed by atoms with E-state index in [2.05, 4.69) is 9.47 Å². The minimum Gasteiger partial charge on any atom is -0.468 e. The van der Waals surface area contributed by atoms with Gasteiger partial charge in [-0.2, -0.15) is 0 Å². The lowest BCUT2D eigenvalue weighted by Crippen LogP contribution is -2.53. The smallest absolute Gasteiger partial charge is 0.323 e. The molecule has 9 heteroatoms. The molecule has 9 nitrogen and oxygen atoms in total. The van der Waals surface area contributed by atoms with Crippen LogP contribution in [0.2, 0.25) is 0 Å². The van der Waals surface area contributed by atoms with Crippen molar-refractivity contribution in [3.05, 3.63) is 0 Å². The number of carbonyl (C=O) groups is 2. The van der Waals surface area contributed by atoms with Gasteiger partial charge in [0.2, 0.25) is 0 Å². The molecule has 1 saturated carbocycles. The highest BCUT2D eigenvalue weighted by Gasteiger charge is 2.58. The second kappa shape index (κ2) is 7.75. The number of methoxy groups -OCH3 is 2. The largest absolute Gasteiger partial charge is 0.468 e. The van der Waals surface area contributed by atoms with Crippen LogP contribution in [0.4, 0.5) is 0 Å². The summed E-state index contributed by atoms with van der Waals surface area (Å²) < 4.78 is 20.3. The molecule has 0 aromatic heterocycles. The number of carbonyl (C=O) groups excluding carboxylic acids is 2. The quantitative estimate of drug-likeness (QED) is 0.390. The number of hydrogen-bond acceptors (Lipinski definition) is 9. The van der Waals surface area contributed by atoms with E-state index in [9.17, 15) is 19.8 Å². The first kappa shape index (κ1) is 19.1. The molecule has 1 unspecified atom stereocenters. The molecule has 4 atom stereocenters. The predicted molar refractivity (Wildman–Crippen MR) is 77.5 cm³/mol. The van der Waals surface area contributed by atoms with Crippen LogP contribution in [0.5, 0.6) is 0 Å². The van der Waals surface area contributed by atoms with Gasteiger partial charge < -0.3 is 34.3 Å². The molecule has 2 aliphatic rings. The van der Waals surface area contributed by atoms with Gasteiger partial charge in [-0.3, -0.25) is 9.59 Å². The van der Waals surface area contributed by atoms with E-state index in [-0.39, 0.29) is 31.8 Å². The standard InChI is InChI=1S/C15H24O9/c1-21-13(19)15(14(20)22-2)4-8(5-15)7-23-11-3-9(17)12(18)10(6-16)24-11/h8-12,16-18H,3-7H2,1-2H3/t9-,10-,11?,12-/m1/s1. The summed E-state index contributed by atoms with van der Waals surface area (Å²) in [6, 6.07) is 0. The van der Waals surface area contributed by atoms with Crippen molar-refractivity contribution >= 4 is 11.9 Å². The van der Waals surface area contributed by atoms with E-state index in [1.54, 1.807) is 0 Å². The Balaban J connectivity index is 1.84. The zero-order valence-corrected chi connectivity index (χ0v) is 13.7. The first-order valence-electron chi connectivity index (χ1n) is 7.78. The Labute approximate surface area is 139 Å². The number of aliphatic hydroxyl groups is 3. The zero-order valence-electron chi connectivity index (χ0n) is 13.7. The van der Waals surface area contributed by atoms with E-state index in [4.69, 9.17) is 14.6 Å². The Morgan fingerprint density at radius 2 is 1.75 bits per heavy atom. The summed E-state index contributed by atoms with van der Waals surface area (Å²) in [7, 11) is 2.43. The van der Waals surface area contributed by atoms with Gasteiger partial charge in [0.15, 0.2) is 11.7 Å². The molecule has 138 valence electrons. The van der Waals surface area contributed by atoms with Crippen LogP contribution < -0.4 is 0 Å². The van der Waals surface area contributed by atoms with Crippen LogP contribution in [0.25, 0.3) is 0 Å². The highest BCUT2D eigenvalue weighted by atomic mass is 16.7. The average Bonchev–Trinajstić information content (AvgIpc) is 2.55. The molecular formula is C15H24O9. The molecule has 3 N–H and O–H groups in total. The molecule has 0 amide bonds. The van der Waals surface area contributed by atoms with E-state index in [1.165, 1.54) is 14.2 Å². The molecule has 1 heterocycles. The number of aliphatic hydroxyl groups excluding tert-OH is 3. The van der Waals surface area contributed by atoms with Crippen molar-refractivity contribution in [1.82, 2.24) is 0 Å². The van der Waals surface area contributed by atoms with Gasteiger partial charge in [0.05, 0.1) is 33.5 Å². The van der Waals surface area contributed by atoms with Crippen molar-refractivity contribution in [2.24, 2.45) is 11.3 Å². The van der Waals surface area contributed by atoms with Crippen LogP contribution in [-0.4, -0.2) is 79.3 Å². The van der Waals surface area contributed by atoms with Crippen LogP contribution >= 0.6 is 0 Å². The molecule has 0 aromatic rings. The number of rotatable bonds is 6. The lowest BCUT2D eigenvalue weighted by molar-refractivity contribution is -0.263. The van der Waals surface area contributed by atoms with E-state index in [0.717, 1.165) is 0 Å². The summed E-state index contributed by atoms with van der Waals surface area (Å²) >= 11 is 0. The van der Waals surface area contributed by atoms with Crippen LogP contribution in [0.15, 0.2) is 0 Å². The normalized spacial score (nSPS) is 32.7. The minimum absolute atomic E-state index is 0.0663. The summed E-state index contributed by atoms with van der Waals surface area (Å²) in [6.45, 7) is -0.226. The maximum Gasteiger partial charge on any atom is 0.323 e. The molecule has 1 saturated heterocycles. The summed E-state index contributed by atoms with van der Waals surface area (Å²) in [4.78, 5) is 23.7. The van der Waals surface area contributed by atoms with Gasteiger partial charge in [-0.1, -0.05) is 0 Å². The molecule has 2 rings (SSSR count). The molecule has 0 aromatic carbocycles. The van der Waals surface area contributed by atoms with E-state index in [0.29, 0.717) is 0 Å². The van der Waals surface area contributed by atoms with Crippen molar-refractivity contribution in [2.75, 3.05) is 27.4 Å². The number of hydrogen-bond donors (Lipinski definition) is 3. The highest BCUT2D eigenvalue weighted by molar-refractivity contribution is 6.01. The lowest BCUT2D eigenvalue weighted by Gasteiger charge is -2.43. The number of ether oxygens (including phenoxy) is 4. The SMILES string of the molecule is COC(=O)C1(C(=O)OC)CC(COC2C[C@@H](O)[C@@H](O)[C@@H](CO)O2)C1. The molecule has 1 aliphatic heterocycles. The molecule has 2 fully saturated rings. The summed E-state index contributed by atoms with van der Waals surface area (Å²) in [6.07, 6.45) is -3.34. The topological polar surface area (TPSA) is 132 Å². The maximum atomic E-state index is 11.9. The van der Waals surface area contributed by atoms with Crippen molar-refractivity contribution in [1.29, 1.82) is 0 Å². The van der Waals surface area contributed by atoms with Gasteiger partial charge in [0.25, 0.3) is 0 Å². The third-order valence-electron chi connectivity index (χ3n) is 4.66. The van der Waals surface area contributed by atoms with Crippen LogP contribution in [-0.2, 0) is 28.5 Å². The lowest BCUT2D eigenvalue weighted by atomic mass is 9.62. The minimum atomic E-state index is -1.28. The van der Waals surface area contributed by atoms with Crippen molar-refractivity contribution in [3.63, 3.8) is 0 Å². The van der Waals surface area contributed by atoms with Crippen LogP contribution in [0.3, 0.4) is 0 Å². The third-order valence-corrected chi connectivity index (χ3v) is 4.66. The Morgan fingerprint density at radius 1 is 1.17 bits per heavy atom. The molecule has 24 heavy (non-hydrogen) atoms. The second-order valence-electron chi connectivity index (χ2n) is 6.25. The monoisotopic (exact) mass is 348 g/mol. The van der Waals surface area contributed by atoms with Gasteiger partial charge in [-0.15, -0.1) is 0 Å². The highest BCUT2D eigenvalue weighted by Crippen LogP contribution is 2.47. The zero-order chi connectivity index (χ0) is 17.9.